The highest BCUT2D eigenvalue weighted by Crippen LogP contribution is 2.25. The molecule has 2 rings (SSSR count). The Morgan fingerprint density at radius 3 is 3.11 bits per heavy atom. The fourth-order valence-corrected chi connectivity index (χ4v) is 2.13. The molecule has 1 aliphatic rings. The largest absolute Gasteiger partial charge is 0.481 e. The van der Waals surface area contributed by atoms with Crippen LogP contribution in [0.4, 0.5) is 6.01 Å². The van der Waals surface area contributed by atoms with Crippen LogP contribution in [0.2, 0.25) is 0 Å². The molecule has 1 aliphatic heterocycles. The third-order valence-corrected chi connectivity index (χ3v) is 3.00. The second-order valence-electron chi connectivity index (χ2n) is 4.43. The van der Waals surface area contributed by atoms with Gasteiger partial charge in [-0.15, -0.1) is 0 Å². The molecule has 7 heteroatoms. The van der Waals surface area contributed by atoms with E-state index in [4.69, 9.17) is 14.3 Å². The number of esters is 1. The first kappa shape index (κ1) is 13.4. The molecular weight excluding hydrogens is 252 g/mol. The van der Waals surface area contributed by atoms with E-state index in [1.54, 1.807) is 6.92 Å². The summed E-state index contributed by atoms with van der Waals surface area (Å²) in [4.78, 5) is 28.0. The maximum atomic E-state index is 11.4. The lowest BCUT2D eigenvalue weighted by molar-refractivity contribution is -0.137. The molecule has 1 aromatic rings. The van der Waals surface area contributed by atoms with E-state index < -0.39 is 11.9 Å². The Kier molecular flexibility index (Phi) is 4.03. The number of carbonyl (C=O) groups is 2. The number of rotatable bonds is 5. The summed E-state index contributed by atoms with van der Waals surface area (Å²) < 4.78 is 10.1. The summed E-state index contributed by atoms with van der Waals surface area (Å²) in [7, 11) is 0. The van der Waals surface area contributed by atoms with Crippen LogP contribution < -0.4 is 4.90 Å². The van der Waals surface area contributed by atoms with Gasteiger partial charge >= 0.3 is 11.9 Å². The van der Waals surface area contributed by atoms with Gasteiger partial charge in [-0.2, -0.15) is 4.98 Å². The Hall–Kier alpha value is -2.05. The third-order valence-electron chi connectivity index (χ3n) is 3.00. The van der Waals surface area contributed by atoms with Crippen LogP contribution in [-0.4, -0.2) is 41.7 Å². The van der Waals surface area contributed by atoms with Crippen LogP contribution in [0.3, 0.4) is 0 Å². The molecule has 0 saturated carbocycles. The van der Waals surface area contributed by atoms with Gasteiger partial charge in [-0.3, -0.25) is 4.79 Å². The number of hydrogen-bond donors (Lipinski definition) is 1. The molecule has 0 aliphatic carbocycles. The molecule has 1 N–H and O–H groups in total. The standard InChI is InChI=1S/C12H16N2O5/c1-2-18-11(17)9-7-19-12(13-9)14-4-3-8(6-14)5-10(15)16/h7-8H,2-6H2,1H3,(H,15,16). The number of hydrogen-bond acceptors (Lipinski definition) is 6. The Labute approximate surface area is 110 Å². The smallest absolute Gasteiger partial charge is 0.360 e. The van der Waals surface area contributed by atoms with Crippen molar-refractivity contribution in [2.24, 2.45) is 5.92 Å². The fraction of sp³-hybridized carbons (Fsp3) is 0.583. The molecular formula is C12H16N2O5. The van der Waals surface area contributed by atoms with Crippen molar-refractivity contribution in [3.63, 3.8) is 0 Å². The number of oxazole rings is 1. The van der Waals surface area contributed by atoms with E-state index in [0.717, 1.165) is 6.42 Å². The Morgan fingerprint density at radius 1 is 1.63 bits per heavy atom. The first-order valence-corrected chi connectivity index (χ1v) is 6.19. The minimum Gasteiger partial charge on any atom is -0.481 e. The molecule has 0 aromatic carbocycles. The fourth-order valence-electron chi connectivity index (χ4n) is 2.13. The lowest BCUT2D eigenvalue weighted by atomic mass is 10.1. The van der Waals surface area contributed by atoms with Crippen LogP contribution in [0.1, 0.15) is 30.3 Å². The van der Waals surface area contributed by atoms with E-state index >= 15 is 0 Å². The molecule has 1 atom stereocenters. The Balaban J connectivity index is 1.96. The van der Waals surface area contributed by atoms with Crippen LogP contribution in [0.25, 0.3) is 0 Å². The minimum absolute atomic E-state index is 0.0930. The molecule has 7 nitrogen and oxygen atoms in total. The molecule has 0 bridgehead atoms. The number of ether oxygens (including phenoxy) is 1. The highest BCUT2D eigenvalue weighted by molar-refractivity contribution is 5.87. The number of carboxylic acid groups (broad SMARTS) is 1. The summed E-state index contributed by atoms with van der Waals surface area (Å²) in [5, 5.41) is 8.75. The number of aromatic nitrogens is 1. The van der Waals surface area contributed by atoms with Crippen LogP contribution >= 0.6 is 0 Å². The molecule has 0 radical (unpaired) electrons. The van der Waals surface area contributed by atoms with Gasteiger partial charge < -0.3 is 19.2 Å². The zero-order valence-electron chi connectivity index (χ0n) is 10.7. The molecule has 0 amide bonds. The third kappa shape index (κ3) is 3.24. The monoisotopic (exact) mass is 268 g/mol. The molecule has 19 heavy (non-hydrogen) atoms. The van der Waals surface area contributed by atoms with E-state index in [9.17, 15) is 9.59 Å². The summed E-state index contributed by atoms with van der Waals surface area (Å²) in [5.74, 6) is -1.22. The number of anilines is 1. The van der Waals surface area contributed by atoms with Crippen molar-refractivity contribution in [3.05, 3.63) is 12.0 Å². The summed E-state index contributed by atoms with van der Waals surface area (Å²) in [5.41, 5.74) is 0.138. The van der Waals surface area contributed by atoms with Gasteiger partial charge in [0, 0.05) is 19.5 Å². The minimum atomic E-state index is -0.800. The van der Waals surface area contributed by atoms with Crippen molar-refractivity contribution in [2.75, 3.05) is 24.6 Å². The van der Waals surface area contributed by atoms with Gasteiger partial charge in [0.05, 0.1) is 6.61 Å². The average Bonchev–Trinajstić information content (AvgIpc) is 2.96. The van der Waals surface area contributed by atoms with Gasteiger partial charge in [0.25, 0.3) is 6.01 Å². The van der Waals surface area contributed by atoms with Crippen LogP contribution in [-0.2, 0) is 9.53 Å². The van der Waals surface area contributed by atoms with Gasteiger partial charge in [-0.05, 0) is 19.3 Å². The molecule has 104 valence electrons. The molecule has 1 fully saturated rings. The van der Waals surface area contributed by atoms with Crippen molar-refractivity contribution in [1.29, 1.82) is 0 Å². The van der Waals surface area contributed by atoms with E-state index in [1.165, 1.54) is 6.26 Å². The van der Waals surface area contributed by atoms with E-state index in [2.05, 4.69) is 4.98 Å². The van der Waals surface area contributed by atoms with Crippen molar-refractivity contribution >= 4 is 18.0 Å². The van der Waals surface area contributed by atoms with Crippen LogP contribution in [0.15, 0.2) is 10.7 Å². The second kappa shape index (κ2) is 5.73. The zero-order valence-corrected chi connectivity index (χ0v) is 10.7. The molecule has 0 spiro atoms. The lowest BCUT2D eigenvalue weighted by Crippen LogP contribution is -2.21. The van der Waals surface area contributed by atoms with Gasteiger partial charge in [0.1, 0.15) is 6.26 Å². The first-order chi connectivity index (χ1) is 9.10. The quantitative estimate of drug-likeness (QED) is 0.800. The lowest BCUT2D eigenvalue weighted by Gasteiger charge is -2.12. The predicted molar refractivity (Wildman–Crippen MR) is 65.0 cm³/mol. The molecule has 2 heterocycles. The predicted octanol–water partition coefficient (Wildman–Crippen LogP) is 1.15. The van der Waals surface area contributed by atoms with Crippen molar-refractivity contribution in [3.8, 4) is 0 Å². The highest BCUT2D eigenvalue weighted by Gasteiger charge is 2.28. The SMILES string of the molecule is CCOC(=O)c1coc(N2CCC(CC(=O)O)C2)n1. The maximum Gasteiger partial charge on any atom is 0.360 e. The van der Waals surface area contributed by atoms with E-state index in [0.29, 0.717) is 19.1 Å². The average molecular weight is 268 g/mol. The number of aliphatic carboxylic acids is 1. The van der Waals surface area contributed by atoms with Gasteiger partial charge in [0.15, 0.2) is 5.69 Å². The van der Waals surface area contributed by atoms with E-state index in [-0.39, 0.29) is 24.6 Å². The summed E-state index contributed by atoms with van der Waals surface area (Å²) in [6, 6.07) is 0.343. The summed E-state index contributed by atoms with van der Waals surface area (Å²) in [6.07, 6.45) is 2.18. The first-order valence-electron chi connectivity index (χ1n) is 6.19. The molecule has 1 unspecified atom stereocenters. The molecule has 1 aromatic heterocycles. The van der Waals surface area contributed by atoms with Gasteiger partial charge in [-0.25, -0.2) is 4.79 Å². The number of carbonyl (C=O) groups excluding carboxylic acids is 1. The molecule has 1 saturated heterocycles. The van der Waals surface area contributed by atoms with Crippen molar-refractivity contribution in [1.82, 2.24) is 4.98 Å². The topological polar surface area (TPSA) is 92.9 Å². The highest BCUT2D eigenvalue weighted by atomic mass is 16.5. The Morgan fingerprint density at radius 2 is 2.42 bits per heavy atom. The van der Waals surface area contributed by atoms with Gasteiger partial charge in [-0.1, -0.05) is 0 Å². The summed E-state index contributed by atoms with van der Waals surface area (Å²) in [6.45, 7) is 3.26. The van der Waals surface area contributed by atoms with Crippen LogP contribution in [0, 0.1) is 5.92 Å². The van der Waals surface area contributed by atoms with Gasteiger partial charge in [0.2, 0.25) is 0 Å². The van der Waals surface area contributed by atoms with E-state index in [1.807, 2.05) is 4.90 Å². The normalized spacial score (nSPS) is 18.6. The summed E-state index contributed by atoms with van der Waals surface area (Å²) >= 11 is 0. The van der Waals surface area contributed by atoms with Crippen molar-refractivity contribution in [2.45, 2.75) is 19.8 Å². The van der Waals surface area contributed by atoms with Crippen LogP contribution in [0.5, 0.6) is 0 Å². The number of carboxylic acids is 1. The number of nitrogens with zero attached hydrogens (tertiary/aromatic N) is 2. The Bertz CT molecular complexity index is 470. The van der Waals surface area contributed by atoms with Crippen molar-refractivity contribution < 1.29 is 23.8 Å². The zero-order chi connectivity index (χ0) is 13.8. The second-order valence-corrected chi connectivity index (χ2v) is 4.43. The maximum absolute atomic E-state index is 11.4.